The number of thiocarbonyl (C=S) groups is 1. The van der Waals surface area contributed by atoms with Crippen LogP contribution in [0.1, 0.15) is 13.3 Å². The van der Waals surface area contributed by atoms with E-state index in [9.17, 15) is 4.79 Å². The molecule has 0 aromatic rings. The summed E-state index contributed by atoms with van der Waals surface area (Å²) < 4.78 is 0. The standard InChI is InChI=1S/C6H9NOS2/c1-4(8)10-5-2-6(9)7-3-5/h5H,2-3H2,1H3,(H,7,9)/t5-/m0/s1. The van der Waals surface area contributed by atoms with E-state index in [1.807, 2.05) is 0 Å². The van der Waals surface area contributed by atoms with Crippen molar-refractivity contribution in [1.29, 1.82) is 0 Å². The first kappa shape index (κ1) is 8.01. The van der Waals surface area contributed by atoms with Crippen LogP contribution in [0.25, 0.3) is 0 Å². The maximum Gasteiger partial charge on any atom is 0.186 e. The van der Waals surface area contributed by atoms with Gasteiger partial charge in [0.1, 0.15) is 0 Å². The van der Waals surface area contributed by atoms with Crippen LogP contribution in [0.2, 0.25) is 0 Å². The van der Waals surface area contributed by atoms with E-state index in [4.69, 9.17) is 12.2 Å². The van der Waals surface area contributed by atoms with Gasteiger partial charge in [-0.05, 0) is 0 Å². The zero-order valence-electron chi connectivity index (χ0n) is 5.72. The largest absolute Gasteiger partial charge is 0.378 e. The van der Waals surface area contributed by atoms with Gasteiger partial charge in [-0.2, -0.15) is 0 Å². The first-order chi connectivity index (χ1) is 4.68. The maximum atomic E-state index is 10.6. The topological polar surface area (TPSA) is 29.1 Å². The minimum absolute atomic E-state index is 0.177. The number of nitrogens with one attached hydrogen (secondary N) is 1. The van der Waals surface area contributed by atoms with Gasteiger partial charge in [-0.25, -0.2) is 0 Å². The Morgan fingerprint density at radius 3 is 3.00 bits per heavy atom. The third kappa shape index (κ3) is 2.27. The summed E-state index contributed by atoms with van der Waals surface area (Å²) in [5.74, 6) is 0. The molecule has 0 amide bonds. The van der Waals surface area contributed by atoms with E-state index in [0.717, 1.165) is 18.0 Å². The van der Waals surface area contributed by atoms with Gasteiger partial charge in [0.2, 0.25) is 0 Å². The lowest BCUT2D eigenvalue weighted by Gasteiger charge is -2.00. The van der Waals surface area contributed by atoms with Gasteiger partial charge in [0.15, 0.2) is 5.12 Å². The zero-order valence-corrected chi connectivity index (χ0v) is 7.35. The SMILES string of the molecule is CC(=O)S[C@@H]1CNC(=S)C1. The van der Waals surface area contributed by atoms with Crippen LogP contribution < -0.4 is 5.32 Å². The van der Waals surface area contributed by atoms with Crippen LogP contribution in [0, 0.1) is 0 Å². The molecule has 0 spiro atoms. The predicted molar refractivity (Wildman–Crippen MR) is 47.3 cm³/mol. The smallest absolute Gasteiger partial charge is 0.186 e. The van der Waals surface area contributed by atoms with Crippen LogP contribution in [0.15, 0.2) is 0 Å². The van der Waals surface area contributed by atoms with Crippen LogP contribution in [0.5, 0.6) is 0 Å². The monoisotopic (exact) mass is 175 g/mol. The first-order valence-corrected chi connectivity index (χ1v) is 4.41. The summed E-state index contributed by atoms with van der Waals surface area (Å²) in [6.07, 6.45) is 0.861. The molecule has 1 rings (SSSR count). The van der Waals surface area contributed by atoms with Crippen molar-refractivity contribution < 1.29 is 4.79 Å². The van der Waals surface area contributed by atoms with Crippen LogP contribution in [-0.2, 0) is 4.79 Å². The Balaban J connectivity index is 2.31. The fourth-order valence-corrected chi connectivity index (χ4v) is 2.17. The molecule has 1 aliphatic rings. The molecule has 1 fully saturated rings. The summed E-state index contributed by atoms with van der Waals surface area (Å²) in [5, 5.41) is 3.59. The number of hydrogen-bond donors (Lipinski definition) is 1. The van der Waals surface area contributed by atoms with E-state index >= 15 is 0 Å². The molecular formula is C6H9NOS2. The Morgan fingerprint density at radius 2 is 2.60 bits per heavy atom. The van der Waals surface area contributed by atoms with Gasteiger partial charge < -0.3 is 5.32 Å². The average Bonchev–Trinajstić information content (AvgIpc) is 2.13. The summed E-state index contributed by atoms with van der Waals surface area (Å²) in [7, 11) is 0. The van der Waals surface area contributed by atoms with Gasteiger partial charge in [-0.15, -0.1) is 0 Å². The zero-order chi connectivity index (χ0) is 7.56. The second-order valence-corrected chi connectivity index (χ2v) is 4.21. The highest BCUT2D eigenvalue weighted by Crippen LogP contribution is 2.18. The molecule has 0 aromatic carbocycles. The highest BCUT2D eigenvalue weighted by atomic mass is 32.2. The second-order valence-electron chi connectivity index (χ2n) is 2.24. The summed E-state index contributed by atoms with van der Waals surface area (Å²) in [6, 6.07) is 0. The number of rotatable bonds is 1. The van der Waals surface area contributed by atoms with E-state index in [-0.39, 0.29) is 5.12 Å². The minimum atomic E-state index is 0.177. The van der Waals surface area contributed by atoms with Crippen LogP contribution in [0.3, 0.4) is 0 Å². The Labute approximate surface area is 69.8 Å². The molecule has 1 atom stereocenters. The van der Waals surface area contributed by atoms with Gasteiger partial charge in [0.25, 0.3) is 0 Å². The van der Waals surface area contributed by atoms with Crippen molar-refractivity contribution >= 4 is 34.1 Å². The first-order valence-electron chi connectivity index (χ1n) is 3.12. The molecule has 0 aliphatic carbocycles. The van der Waals surface area contributed by atoms with E-state index in [0.29, 0.717) is 5.25 Å². The summed E-state index contributed by atoms with van der Waals surface area (Å²) in [5.41, 5.74) is 0. The Kier molecular flexibility index (Phi) is 2.68. The van der Waals surface area contributed by atoms with Gasteiger partial charge in [0, 0.05) is 25.1 Å². The van der Waals surface area contributed by atoms with Crippen LogP contribution in [0.4, 0.5) is 0 Å². The van der Waals surface area contributed by atoms with E-state index in [1.165, 1.54) is 11.8 Å². The summed E-state index contributed by atoms with van der Waals surface area (Å²) in [4.78, 5) is 11.5. The van der Waals surface area contributed by atoms with Crippen LogP contribution >= 0.6 is 24.0 Å². The Bertz CT molecular complexity index is 169. The molecule has 0 aromatic heterocycles. The van der Waals surface area contributed by atoms with Crippen molar-refractivity contribution in [2.75, 3.05) is 6.54 Å². The maximum absolute atomic E-state index is 10.6. The lowest BCUT2D eigenvalue weighted by atomic mass is 10.4. The lowest BCUT2D eigenvalue weighted by Crippen LogP contribution is -2.13. The second kappa shape index (κ2) is 3.34. The third-order valence-corrected chi connectivity index (χ3v) is 2.58. The number of hydrogen-bond acceptors (Lipinski definition) is 3. The third-order valence-electron chi connectivity index (χ3n) is 1.27. The molecule has 1 saturated heterocycles. The quantitative estimate of drug-likeness (QED) is 0.601. The molecule has 1 heterocycles. The minimum Gasteiger partial charge on any atom is -0.378 e. The molecule has 0 radical (unpaired) electrons. The van der Waals surface area contributed by atoms with E-state index < -0.39 is 0 Å². The van der Waals surface area contributed by atoms with Crippen molar-refractivity contribution in [1.82, 2.24) is 5.32 Å². The van der Waals surface area contributed by atoms with Crippen molar-refractivity contribution in [3.63, 3.8) is 0 Å². The van der Waals surface area contributed by atoms with Gasteiger partial charge >= 0.3 is 0 Å². The van der Waals surface area contributed by atoms with Crippen LogP contribution in [-0.4, -0.2) is 21.9 Å². The van der Waals surface area contributed by atoms with Crippen molar-refractivity contribution in [2.45, 2.75) is 18.6 Å². The highest BCUT2D eigenvalue weighted by molar-refractivity contribution is 8.14. The molecular weight excluding hydrogens is 166 g/mol. The molecule has 0 unspecified atom stereocenters. The number of carbonyl (C=O) groups excluding carboxylic acids is 1. The van der Waals surface area contributed by atoms with Crippen molar-refractivity contribution in [3.8, 4) is 0 Å². The van der Waals surface area contributed by atoms with Gasteiger partial charge in [0.05, 0.1) is 4.99 Å². The normalized spacial score (nSPS) is 24.5. The Hall–Kier alpha value is -0.0900. The molecule has 10 heavy (non-hydrogen) atoms. The van der Waals surface area contributed by atoms with Crippen molar-refractivity contribution in [2.24, 2.45) is 0 Å². The fraction of sp³-hybridized carbons (Fsp3) is 0.667. The predicted octanol–water partition coefficient (Wildman–Crippen LogP) is 0.955. The molecule has 0 bridgehead atoms. The van der Waals surface area contributed by atoms with Crippen molar-refractivity contribution in [3.05, 3.63) is 0 Å². The molecule has 56 valence electrons. The average molecular weight is 175 g/mol. The number of thioether (sulfide) groups is 1. The highest BCUT2D eigenvalue weighted by Gasteiger charge is 2.20. The molecule has 4 heteroatoms. The summed E-state index contributed by atoms with van der Waals surface area (Å²) in [6.45, 7) is 2.44. The molecule has 0 saturated carbocycles. The van der Waals surface area contributed by atoms with E-state index in [1.54, 1.807) is 6.92 Å². The molecule has 1 N–H and O–H groups in total. The Morgan fingerprint density at radius 1 is 1.90 bits per heavy atom. The van der Waals surface area contributed by atoms with Gasteiger partial charge in [-0.1, -0.05) is 24.0 Å². The van der Waals surface area contributed by atoms with E-state index in [2.05, 4.69) is 5.32 Å². The molecule has 2 nitrogen and oxygen atoms in total. The fourth-order valence-electron chi connectivity index (χ4n) is 0.897. The summed E-state index contributed by atoms with van der Waals surface area (Å²) >= 11 is 6.29. The van der Waals surface area contributed by atoms with Gasteiger partial charge in [-0.3, -0.25) is 4.79 Å². The molecule has 1 aliphatic heterocycles. The lowest BCUT2D eigenvalue weighted by molar-refractivity contribution is -0.109. The number of carbonyl (C=O) groups is 1.